The molecular weight excluding hydrogens is 412 g/mol. The van der Waals surface area contributed by atoms with Gasteiger partial charge in [-0.15, -0.1) is 0 Å². The van der Waals surface area contributed by atoms with Gasteiger partial charge in [-0.2, -0.15) is 9.57 Å². The average Bonchev–Trinajstić information content (AvgIpc) is 2.78. The van der Waals surface area contributed by atoms with Crippen LogP contribution in [0.15, 0.2) is 53.4 Å². The van der Waals surface area contributed by atoms with Gasteiger partial charge in [-0.1, -0.05) is 24.3 Å². The first kappa shape index (κ1) is 22.8. The van der Waals surface area contributed by atoms with E-state index in [4.69, 9.17) is 0 Å². The van der Waals surface area contributed by atoms with Crippen molar-refractivity contribution in [2.24, 2.45) is 5.92 Å². The molecule has 0 aromatic heterocycles. The molecule has 1 fully saturated rings. The number of carbonyl (C=O) groups excluding carboxylic acids is 1. The summed E-state index contributed by atoms with van der Waals surface area (Å²) in [6, 6.07) is 16.2. The molecule has 1 aliphatic heterocycles. The molecule has 1 amide bonds. The standard InChI is InChI=1S/C23H28N4O3S/c1-25(2)21-10-8-18(9-11-21)17-26(3)23(28)19-12-14-27(15-13-19)31(29,30)22-7-5-4-6-20(22)16-24/h4-11,19H,12-15,17H2,1-3H3. The summed E-state index contributed by atoms with van der Waals surface area (Å²) in [5.74, 6) is -0.171. The molecule has 3 rings (SSSR count). The highest BCUT2D eigenvalue weighted by atomic mass is 32.2. The Kier molecular flexibility index (Phi) is 6.98. The number of amides is 1. The van der Waals surface area contributed by atoms with Crippen LogP contribution < -0.4 is 4.90 Å². The Balaban J connectivity index is 1.61. The number of piperidine rings is 1. The number of hydrogen-bond donors (Lipinski definition) is 0. The zero-order chi connectivity index (χ0) is 22.6. The molecule has 0 aliphatic carbocycles. The number of nitrogens with zero attached hydrogens (tertiary/aromatic N) is 4. The van der Waals surface area contributed by atoms with Crippen LogP contribution in [0.1, 0.15) is 24.0 Å². The van der Waals surface area contributed by atoms with Crippen molar-refractivity contribution in [1.82, 2.24) is 9.21 Å². The lowest BCUT2D eigenvalue weighted by atomic mass is 9.96. The van der Waals surface area contributed by atoms with Crippen LogP contribution in [0, 0.1) is 17.2 Å². The molecule has 8 heteroatoms. The third-order valence-corrected chi connectivity index (χ3v) is 7.63. The first-order chi connectivity index (χ1) is 14.7. The molecule has 1 aliphatic rings. The Bertz CT molecular complexity index is 1070. The molecule has 0 N–H and O–H groups in total. The molecule has 0 radical (unpaired) electrons. The van der Waals surface area contributed by atoms with Gasteiger partial charge >= 0.3 is 0 Å². The van der Waals surface area contributed by atoms with E-state index in [0.717, 1.165) is 11.3 Å². The largest absolute Gasteiger partial charge is 0.378 e. The van der Waals surface area contributed by atoms with E-state index in [2.05, 4.69) is 0 Å². The lowest BCUT2D eigenvalue weighted by Crippen LogP contribution is -2.43. The Morgan fingerprint density at radius 3 is 2.26 bits per heavy atom. The van der Waals surface area contributed by atoms with E-state index in [1.807, 2.05) is 49.3 Å². The minimum atomic E-state index is -3.75. The smallest absolute Gasteiger partial charge is 0.244 e. The summed E-state index contributed by atoms with van der Waals surface area (Å²) in [5, 5.41) is 9.23. The number of hydrogen-bond acceptors (Lipinski definition) is 5. The fraction of sp³-hybridized carbons (Fsp3) is 0.391. The summed E-state index contributed by atoms with van der Waals surface area (Å²) in [6.07, 6.45) is 0.938. The monoisotopic (exact) mass is 440 g/mol. The van der Waals surface area contributed by atoms with Gasteiger partial charge in [-0.25, -0.2) is 8.42 Å². The van der Waals surface area contributed by atoms with Crippen molar-refractivity contribution in [2.45, 2.75) is 24.3 Å². The lowest BCUT2D eigenvalue weighted by molar-refractivity contribution is -0.135. The topological polar surface area (TPSA) is 84.7 Å². The molecule has 164 valence electrons. The average molecular weight is 441 g/mol. The second kappa shape index (κ2) is 9.50. The van der Waals surface area contributed by atoms with Crippen LogP contribution >= 0.6 is 0 Å². The van der Waals surface area contributed by atoms with Gasteiger partial charge in [0.1, 0.15) is 6.07 Å². The van der Waals surface area contributed by atoms with E-state index < -0.39 is 10.0 Å². The van der Waals surface area contributed by atoms with E-state index in [-0.39, 0.29) is 35.4 Å². The lowest BCUT2D eigenvalue weighted by Gasteiger charge is -2.32. The molecule has 1 heterocycles. The molecule has 0 saturated carbocycles. The molecule has 1 saturated heterocycles. The van der Waals surface area contributed by atoms with Gasteiger partial charge in [-0.3, -0.25) is 4.79 Å². The summed E-state index contributed by atoms with van der Waals surface area (Å²) < 4.78 is 27.3. The van der Waals surface area contributed by atoms with Gasteiger partial charge in [0.2, 0.25) is 15.9 Å². The van der Waals surface area contributed by atoms with Crippen molar-refractivity contribution < 1.29 is 13.2 Å². The van der Waals surface area contributed by atoms with E-state index in [0.29, 0.717) is 19.4 Å². The Morgan fingerprint density at radius 1 is 1.06 bits per heavy atom. The molecule has 2 aromatic rings. The summed E-state index contributed by atoms with van der Waals surface area (Å²) in [5.41, 5.74) is 2.29. The minimum absolute atomic E-state index is 0.0283. The number of nitriles is 1. The van der Waals surface area contributed by atoms with Gasteiger partial charge in [0.15, 0.2) is 0 Å². The zero-order valence-corrected chi connectivity index (χ0v) is 19.0. The molecular formula is C23H28N4O3S. The van der Waals surface area contributed by atoms with Crippen molar-refractivity contribution in [3.63, 3.8) is 0 Å². The Hall–Kier alpha value is -2.89. The molecule has 31 heavy (non-hydrogen) atoms. The van der Waals surface area contributed by atoms with Gasteiger partial charge < -0.3 is 9.80 Å². The second-order valence-corrected chi connectivity index (χ2v) is 9.95. The predicted octanol–water partition coefficient (Wildman–Crippen LogP) is 2.68. The highest BCUT2D eigenvalue weighted by Crippen LogP contribution is 2.27. The Morgan fingerprint density at radius 2 is 1.68 bits per heavy atom. The van der Waals surface area contributed by atoms with Gasteiger partial charge in [0.05, 0.1) is 10.5 Å². The van der Waals surface area contributed by atoms with Gasteiger partial charge in [0.25, 0.3) is 0 Å². The van der Waals surface area contributed by atoms with Crippen LogP contribution in [0.2, 0.25) is 0 Å². The molecule has 0 atom stereocenters. The van der Waals surface area contributed by atoms with Crippen LogP contribution in [-0.4, -0.2) is 57.8 Å². The van der Waals surface area contributed by atoms with Crippen LogP contribution in [0.25, 0.3) is 0 Å². The maximum absolute atomic E-state index is 13.0. The molecule has 0 bridgehead atoms. The maximum atomic E-state index is 13.0. The van der Waals surface area contributed by atoms with E-state index >= 15 is 0 Å². The summed E-state index contributed by atoms with van der Waals surface area (Å²) in [4.78, 5) is 16.7. The number of anilines is 1. The predicted molar refractivity (Wildman–Crippen MR) is 120 cm³/mol. The van der Waals surface area contributed by atoms with Crippen LogP contribution in [0.3, 0.4) is 0 Å². The van der Waals surface area contributed by atoms with Crippen LogP contribution in [-0.2, 0) is 21.4 Å². The molecule has 7 nitrogen and oxygen atoms in total. The van der Waals surface area contributed by atoms with Crippen LogP contribution in [0.5, 0.6) is 0 Å². The SMILES string of the molecule is CN(Cc1ccc(N(C)C)cc1)C(=O)C1CCN(S(=O)(=O)c2ccccc2C#N)CC1. The van der Waals surface area contributed by atoms with Crippen molar-refractivity contribution in [1.29, 1.82) is 5.26 Å². The third-order valence-electron chi connectivity index (χ3n) is 5.68. The summed E-state index contributed by atoms with van der Waals surface area (Å²) in [7, 11) is 2.00. The number of rotatable bonds is 6. The van der Waals surface area contributed by atoms with Crippen molar-refractivity contribution in [2.75, 3.05) is 39.1 Å². The number of carbonyl (C=O) groups is 1. The fourth-order valence-electron chi connectivity index (χ4n) is 3.83. The van der Waals surface area contributed by atoms with Crippen molar-refractivity contribution >= 4 is 21.6 Å². The molecule has 2 aromatic carbocycles. The zero-order valence-electron chi connectivity index (χ0n) is 18.2. The fourth-order valence-corrected chi connectivity index (χ4v) is 5.44. The minimum Gasteiger partial charge on any atom is -0.378 e. The normalized spacial score (nSPS) is 15.3. The van der Waals surface area contributed by atoms with Gasteiger partial charge in [0, 0.05) is 52.4 Å². The Labute approximate surface area is 184 Å². The number of benzene rings is 2. The first-order valence-corrected chi connectivity index (χ1v) is 11.7. The summed E-state index contributed by atoms with van der Waals surface area (Å²) >= 11 is 0. The third kappa shape index (κ3) is 5.06. The molecule has 0 unspecified atom stereocenters. The summed E-state index contributed by atoms with van der Waals surface area (Å²) in [6.45, 7) is 1.05. The number of sulfonamides is 1. The van der Waals surface area contributed by atoms with Gasteiger partial charge in [-0.05, 0) is 42.7 Å². The van der Waals surface area contributed by atoms with E-state index in [1.54, 1.807) is 24.1 Å². The maximum Gasteiger partial charge on any atom is 0.244 e. The molecule has 0 spiro atoms. The second-order valence-electron chi connectivity index (χ2n) is 8.04. The van der Waals surface area contributed by atoms with Crippen molar-refractivity contribution in [3.05, 3.63) is 59.7 Å². The van der Waals surface area contributed by atoms with E-state index in [1.165, 1.54) is 16.4 Å². The van der Waals surface area contributed by atoms with E-state index in [9.17, 15) is 18.5 Å². The highest BCUT2D eigenvalue weighted by molar-refractivity contribution is 7.89. The van der Waals surface area contributed by atoms with Crippen LogP contribution in [0.4, 0.5) is 5.69 Å². The quantitative estimate of drug-likeness (QED) is 0.690. The van der Waals surface area contributed by atoms with Crippen molar-refractivity contribution in [3.8, 4) is 6.07 Å². The highest BCUT2D eigenvalue weighted by Gasteiger charge is 2.34. The first-order valence-electron chi connectivity index (χ1n) is 10.2.